The smallest absolute Gasteiger partial charge is 0.176 e. The number of benzene rings is 2. The number of rotatable bonds is 8. The lowest BCUT2D eigenvalue weighted by molar-refractivity contribution is 0.234. The number of fused-ring (bicyclic) bond motifs is 1. The Morgan fingerprint density at radius 1 is 0.750 bits per heavy atom. The molecule has 0 radical (unpaired) electrons. The standard InChI is InChI=1S/C35H43F4N/c1-2-3-4-22-5-7-23(8-6-22)9-10-24-11-17-30-28(19-24)20-31(36)32(34(30)38)26-14-12-25(13-15-26)29-18-16-27(21-40)33(37)35(29)39/h16,18,20,22-26H,2-15,17,19H2,1H3. The van der Waals surface area contributed by atoms with Crippen LogP contribution < -0.4 is 0 Å². The second-order valence-electron chi connectivity index (χ2n) is 12.9. The molecule has 0 bridgehead atoms. The summed E-state index contributed by atoms with van der Waals surface area (Å²) in [6, 6.07) is 6.06. The Balaban J connectivity index is 1.17. The van der Waals surface area contributed by atoms with Gasteiger partial charge in [-0.1, -0.05) is 64.4 Å². The molecule has 1 nitrogen and oxygen atoms in total. The minimum Gasteiger partial charge on any atom is -0.207 e. The third kappa shape index (κ3) is 6.27. The van der Waals surface area contributed by atoms with E-state index in [1.54, 1.807) is 12.1 Å². The summed E-state index contributed by atoms with van der Waals surface area (Å²) in [5.74, 6) is -1.10. The Morgan fingerprint density at radius 2 is 1.40 bits per heavy atom. The van der Waals surface area contributed by atoms with Crippen LogP contribution >= 0.6 is 0 Å². The van der Waals surface area contributed by atoms with Crippen LogP contribution in [0.1, 0.15) is 136 Å². The number of hydrogen-bond acceptors (Lipinski definition) is 1. The number of hydrogen-bond donors (Lipinski definition) is 0. The summed E-state index contributed by atoms with van der Waals surface area (Å²) in [4.78, 5) is 0. The van der Waals surface area contributed by atoms with Crippen molar-refractivity contribution in [3.8, 4) is 6.07 Å². The first-order valence-electron chi connectivity index (χ1n) is 15.8. The molecule has 5 heteroatoms. The summed E-state index contributed by atoms with van der Waals surface area (Å²) in [6.07, 6.45) is 16.4. The van der Waals surface area contributed by atoms with E-state index in [1.165, 1.54) is 63.5 Å². The molecule has 0 heterocycles. The molecule has 216 valence electrons. The van der Waals surface area contributed by atoms with E-state index in [1.807, 2.05) is 0 Å². The zero-order valence-electron chi connectivity index (χ0n) is 23.9. The van der Waals surface area contributed by atoms with Crippen LogP contribution in [0.25, 0.3) is 0 Å². The molecule has 0 aromatic heterocycles. The molecule has 3 aliphatic carbocycles. The number of halogens is 4. The van der Waals surface area contributed by atoms with Crippen LogP contribution in [0.15, 0.2) is 18.2 Å². The lowest BCUT2D eigenvalue weighted by atomic mass is 9.73. The minimum atomic E-state index is -1.11. The molecular weight excluding hydrogens is 510 g/mol. The fourth-order valence-corrected chi connectivity index (χ4v) is 7.99. The van der Waals surface area contributed by atoms with Crippen LogP contribution in [0.2, 0.25) is 0 Å². The van der Waals surface area contributed by atoms with Gasteiger partial charge in [0, 0.05) is 5.56 Å². The van der Waals surface area contributed by atoms with Gasteiger partial charge >= 0.3 is 0 Å². The maximum Gasteiger partial charge on any atom is 0.176 e. The minimum absolute atomic E-state index is 0.196. The molecule has 3 aliphatic rings. The third-order valence-corrected chi connectivity index (χ3v) is 10.5. The average Bonchev–Trinajstić information content (AvgIpc) is 2.97. The predicted molar refractivity (Wildman–Crippen MR) is 151 cm³/mol. The predicted octanol–water partition coefficient (Wildman–Crippen LogP) is 10.4. The summed E-state index contributed by atoms with van der Waals surface area (Å²) < 4.78 is 59.9. The van der Waals surface area contributed by atoms with E-state index in [2.05, 4.69) is 6.92 Å². The van der Waals surface area contributed by atoms with Gasteiger partial charge < -0.3 is 0 Å². The summed E-state index contributed by atoms with van der Waals surface area (Å²) in [5.41, 5.74) is 1.70. The van der Waals surface area contributed by atoms with E-state index >= 15 is 8.78 Å². The summed E-state index contributed by atoms with van der Waals surface area (Å²) in [5, 5.41) is 8.94. The largest absolute Gasteiger partial charge is 0.207 e. The molecule has 1 unspecified atom stereocenters. The van der Waals surface area contributed by atoms with Crippen molar-refractivity contribution in [3.05, 3.63) is 69.3 Å². The van der Waals surface area contributed by atoms with Gasteiger partial charge in [0.1, 0.15) is 17.7 Å². The van der Waals surface area contributed by atoms with Gasteiger partial charge in [-0.15, -0.1) is 0 Å². The molecule has 2 aromatic carbocycles. The van der Waals surface area contributed by atoms with Gasteiger partial charge in [-0.25, -0.2) is 17.6 Å². The molecule has 0 saturated heterocycles. The molecule has 2 aromatic rings. The van der Waals surface area contributed by atoms with Gasteiger partial charge in [-0.2, -0.15) is 5.26 Å². The maximum atomic E-state index is 15.8. The quantitative estimate of drug-likeness (QED) is 0.298. The van der Waals surface area contributed by atoms with Gasteiger partial charge in [0.15, 0.2) is 11.6 Å². The summed E-state index contributed by atoms with van der Waals surface area (Å²) in [7, 11) is 0. The van der Waals surface area contributed by atoms with Crippen molar-refractivity contribution < 1.29 is 17.6 Å². The van der Waals surface area contributed by atoms with Crippen LogP contribution in [-0.4, -0.2) is 0 Å². The van der Waals surface area contributed by atoms with Crippen LogP contribution in [0.4, 0.5) is 17.6 Å². The molecule has 0 amide bonds. The van der Waals surface area contributed by atoms with E-state index in [0.29, 0.717) is 43.6 Å². The zero-order chi connectivity index (χ0) is 28.2. The fraction of sp³-hybridized carbons (Fsp3) is 0.629. The molecule has 5 rings (SSSR count). The van der Waals surface area contributed by atoms with E-state index in [0.717, 1.165) is 36.7 Å². The van der Waals surface area contributed by atoms with Crippen LogP contribution in [0, 0.1) is 52.4 Å². The second kappa shape index (κ2) is 13.1. The normalized spacial score (nSPS) is 26.8. The maximum absolute atomic E-state index is 15.8. The van der Waals surface area contributed by atoms with Crippen molar-refractivity contribution in [2.24, 2.45) is 17.8 Å². The van der Waals surface area contributed by atoms with E-state index in [9.17, 15) is 8.78 Å². The lowest BCUT2D eigenvalue weighted by Crippen LogP contribution is -2.21. The monoisotopic (exact) mass is 553 g/mol. The van der Waals surface area contributed by atoms with E-state index in [-0.39, 0.29) is 34.3 Å². The van der Waals surface area contributed by atoms with Crippen LogP contribution in [0.5, 0.6) is 0 Å². The Hall–Kier alpha value is -2.35. The van der Waals surface area contributed by atoms with Crippen molar-refractivity contribution in [2.75, 3.05) is 0 Å². The Morgan fingerprint density at radius 3 is 2.08 bits per heavy atom. The highest BCUT2D eigenvalue weighted by Gasteiger charge is 2.33. The van der Waals surface area contributed by atoms with Crippen molar-refractivity contribution in [1.29, 1.82) is 5.26 Å². The molecule has 0 aliphatic heterocycles. The molecule has 1 atom stereocenters. The first kappa shape index (κ1) is 29.2. The highest BCUT2D eigenvalue weighted by molar-refractivity contribution is 5.40. The van der Waals surface area contributed by atoms with Crippen molar-refractivity contribution in [1.82, 2.24) is 0 Å². The van der Waals surface area contributed by atoms with Gasteiger partial charge in [0.05, 0.1) is 5.56 Å². The average molecular weight is 554 g/mol. The van der Waals surface area contributed by atoms with Crippen LogP contribution in [-0.2, 0) is 12.8 Å². The topological polar surface area (TPSA) is 23.8 Å². The fourth-order valence-electron chi connectivity index (χ4n) is 7.99. The molecule has 2 saturated carbocycles. The van der Waals surface area contributed by atoms with Crippen molar-refractivity contribution in [3.63, 3.8) is 0 Å². The first-order valence-corrected chi connectivity index (χ1v) is 15.8. The summed E-state index contributed by atoms with van der Waals surface area (Å²) in [6.45, 7) is 2.27. The molecular formula is C35H43F4N. The lowest BCUT2D eigenvalue weighted by Gasteiger charge is -2.33. The first-order chi connectivity index (χ1) is 19.4. The van der Waals surface area contributed by atoms with Gasteiger partial charge in [0.25, 0.3) is 0 Å². The number of nitrogens with zero attached hydrogens (tertiary/aromatic N) is 1. The van der Waals surface area contributed by atoms with E-state index < -0.39 is 17.5 Å². The second-order valence-corrected chi connectivity index (χ2v) is 12.9. The summed E-state index contributed by atoms with van der Waals surface area (Å²) >= 11 is 0. The Bertz CT molecular complexity index is 1220. The molecule has 2 fully saturated rings. The molecule has 0 spiro atoms. The van der Waals surface area contributed by atoms with Gasteiger partial charge in [-0.05, 0) is 110 Å². The molecule has 40 heavy (non-hydrogen) atoms. The van der Waals surface area contributed by atoms with Crippen molar-refractivity contribution >= 4 is 0 Å². The zero-order valence-corrected chi connectivity index (χ0v) is 23.9. The highest BCUT2D eigenvalue weighted by Crippen LogP contribution is 2.45. The number of unbranched alkanes of at least 4 members (excludes halogenated alkanes) is 1. The number of nitriles is 1. The third-order valence-electron chi connectivity index (χ3n) is 10.5. The van der Waals surface area contributed by atoms with Gasteiger partial charge in [-0.3, -0.25) is 0 Å². The van der Waals surface area contributed by atoms with Crippen LogP contribution in [0.3, 0.4) is 0 Å². The van der Waals surface area contributed by atoms with Crippen molar-refractivity contribution in [2.45, 2.75) is 121 Å². The van der Waals surface area contributed by atoms with Gasteiger partial charge in [0.2, 0.25) is 0 Å². The molecule has 0 N–H and O–H groups in total. The van der Waals surface area contributed by atoms with E-state index in [4.69, 9.17) is 5.26 Å². The highest BCUT2D eigenvalue weighted by atomic mass is 19.2. The SMILES string of the molecule is CCCCC1CCC(CCC2CCc3c(cc(F)c(C4CCC(c5ccc(C#N)c(F)c5F)CC4)c3F)C2)CC1. The Labute approximate surface area is 237 Å². The Kier molecular flexibility index (Phi) is 9.54.